The zero-order chi connectivity index (χ0) is 18.9. The topological polar surface area (TPSA) is 69.0 Å². The van der Waals surface area contributed by atoms with E-state index >= 15 is 0 Å². The predicted molar refractivity (Wildman–Crippen MR) is 103 cm³/mol. The number of aromatic nitrogens is 2. The normalized spacial score (nSPS) is 12.0. The number of aryl methyl sites for hydroxylation is 2. The number of pyridine rings is 2. The van der Waals surface area contributed by atoms with Crippen LogP contribution in [0.4, 0.5) is 0 Å². The Kier molecular flexibility index (Phi) is 7.02. The van der Waals surface area contributed by atoms with Crippen molar-refractivity contribution in [3.63, 3.8) is 0 Å². The van der Waals surface area contributed by atoms with Gasteiger partial charge in [0.05, 0.1) is 11.4 Å². The van der Waals surface area contributed by atoms with Crippen LogP contribution in [0.1, 0.15) is 36.6 Å². The molecule has 6 nitrogen and oxygen atoms in total. The highest BCUT2D eigenvalue weighted by atomic mass is 16.6. The first kappa shape index (κ1) is 19.3. The van der Waals surface area contributed by atoms with Gasteiger partial charge < -0.3 is 9.68 Å². The van der Waals surface area contributed by atoms with Gasteiger partial charge in [0, 0.05) is 17.0 Å². The van der Waals surface area contributed by atoms with E-state index in [1.807, 2.05) is 64.1 Å². The molecular weight excluding hydrogens is 328 g/mol. The first-order valence-corrected chi connectivity index (χ1v) is 8.33. The van der Waals surface area contributed by atoms with E-state index in [2.05, 4.69) is 26.9 Å². The van der Waals surface area contributed by atoms with Gasteiger partial charge in [-0.25, -0.2) is 0 Å². The van der Waals surface area contributed by atoms with Crippen molar-refractivity contribution >= 4 is 11.4 Å². The summed E-state index contributed by atoms with van der Waals surface area (Å²) in [7, 11) is 0. The molecule has 0 saturated carbocycles. The van der Waals surface area contributed by atoms with E-state index in [-0.39, 0.29) is 13.2 Å². The Bertz CT molecular complexity index is 761. The smallest absolute Gasteiger partial charge is 0.141 e. The molecule has 0 atom stereocenters. The Hall–Kier alpha value is -3.02. The van der Waals surface area contributed by atoms with Crippen LogP contribution in [0.15, 0.2) is 58.9 Å². The Morgan fingerprint density at radius 1 is 0.846 bits per heavy atom. The number of hydrogen-bond acceptors (Lipinski definition) is 6. The molecule has 0 spiro atoms. The summed E-state index contributed by atoms with van der Waals surface area (Å²) in [6.45, 7) is 12.0. The maximum atomic E-state index is 5.32. The minimum absolute atomic E-state index is 0.250. The maximum absolute atomic E-state index is 5.32. The lowest BCUT2D eigenvalue weighted by Gasteiger charge is -2.06. The van der Waals surface area contributed by atoms with Crippen molar-refractivity contribution in [2.24, 2.45) is 10.3 Å². The van der Waals surface area contributed by atoms with Gasteiger partial charge in [0.25, 0.3) is 0 Å². The summed E-state index contributed by atoms with van der Waals surface area (Å²) in [4.78, 5) is 19.4. The number of rotatable bonds is 8. The second-order valence-corrected chi connectivity index (χ2v) is 5.98. The van der Waals surface area contributed by atoms with Crippen molar-refractivity contribution in [2.45, 2.75) is 27.7 Å². The SMILES string of the molecule is C=C(CO/N=C(\C)c1cccc(C)n1)CO/N=C(\C)c1cccc(C)n1. The molecule has 0 aromatic carbocycles. The third kappa shape index (κ3) is 6.12. The van der Waals surface area contributed by atoms with Crippen molar-refractivity contribution in [1.29, 1.82) is 0 Å². The van der Waals surface area contributed by atoms with Crippen molar-refractivity contribution in [3.05, 3.63) is 71.3 Å². The van der Waals surface area contributed by atoms with Gasteiger partial charge in [0.1, 0.15) is 24.6 Å². The van der Waals surface area contributed by atoms with E-state index in [0.29, 0.717) is 11.4 Å². The van der Waals surface area contributed by atoms with E-state index in [1.54, 1.807) is 0 Å². The molecular formula is C20H24N4O2. The molecule has 2 heterocycles. The summed E-state index contributed by atoms with van der Waals surface area (Å²) in [6, 6.07) is 11.5. The molecule has 0 aliphatic carbocycles. The van der Waals surface area contributed by atoms with Crippen LogP contribution in [0.25, 0.3) is 0 Å². The molecule has 0 amide bonds. The summed E-state index contributed by atoms with van der Waals surface area (Å²) >= 11 is 0. The molecule has 2 rings (SSSR count). The van der Waals surface area contributed by atoms with Crippen LogP contribution >= 0.6 is 0 Å². The Labute approximate surface area is 154 Å². The van der Waals surface area contributed by atoms with Gasteiger partial charge in [-0.15, -0.1) is 0 Å². The second-order valence-electron chi connectivity index (χ2n) is 5.98. The average Bonchev–Trinajstić information content (AvgIpc) is 2.61. The Balaban J connectivity index is 1.78. The van der Waals surface area contributed by atoms with Gasteiger partial charge in [0.2, 0.25) is 0 Å². The molecule has 0 aliphatic heterocycles. The third-order valence-corrected chi connectivity index (χ3v) is 3.46. The summed E-state index contributed by atoms with van der Waals surface area (Å²) < 4.78 is 0. The van der Waals surface area contributed by atoms with Gasteiger partial charge in [-0.2, -0.15) is 0 Å². The van der Waals surface area contributed by atoms with Crippen LogP contribution in [0, 0.1) is 13.8 Å². The Morgan fingerprint density at radius 3 is 1.65 bits per heavy atom. The molecule has 0 unspecified atom stereocenters. The molecule has 0 saturated heterocycles. The minimum Gasteiger partial charge on any atom is -0.391 e. The van der Waals surface area contributed by atoms with Crippen molar-refractivity contribution in [1.82, 2.24) is 9.97 Å². The molecule has 0 fully saturated rings. The van der Waals surface area contributed by atoms with Crippen LogP contribution in [0.3, 0.4) is 0 Å². The molecule has 6 heteroatoms. The van der Waals surface area contributed by atoms with Crippen LogP contribution in [-0.2, 0) is 9.68 Å². The predicted octanol–water partition coefficient (Wildman–Crippen LogP) is 3.83. The quantitative estimate of drug-likeness (QED) is 0.411. The van der Waals surface area contributed by atoms with Crippen LogP contribution in [0.5, 0.6) is 0 Å². The summed E-state index contributed by atoms with van der Waals surface area (Å²) in [5.74, 6) is 0. The zero-order valence-corrected chi connectivity index (χ0v) is 15.7. The number of hydrogen-bond donors (Lipinski definition) is 0. The van der Waals surface area contributed by atoms with E-state index < -0.39 is 0 Å². The molecule has 136 valence electrons. The highest BCUT2D eigenvalue weighted by Crippen LogP contribution is 2.03. The third-order valence-electron chi connectivity index (χ3n) is 3.46. The van der Waals surface area contributed by atoms with E-state index in [9.17, 15) is 0 Å². The van der Waals surface area contributed by atoms with Crippen molar-refractivity contribution in [2.75, 3.05) is 13.2 Å². The second kappa shape index (κ2) is 9.46. The van der Waals surface area contributed by atoms with Crippen LogP contribution in [-0.4, -0.2) is 34.6 Å². The van der Waals surface area contributed by atoms with E-state index in [1.165, 1.54) is 0 Å². The largest absolute Gasteiger partial charge is 0.391 e. The number of oxime groups is 2. The van der Waals surface area contributed by atoms with Gasteiger partial charge in [0.15, 0.2) is 0 Å². The molecule has 2 aromatic rings. The molecule has 0 bridgehead atoms. The lowest BCUT2D eigenvalue weighted by molar-refractivity contribution is 0.128. The van der Waals surface area contributed by atoms with Crippen LogP contribution in [0.2, 0.25) is 0 Å². The van der Waals surface area contributed by atoms with Crippen molar-refractivity contribution < 1.29 is 9.68 Å². The summed E-state index contributed by atoms with van der Waals surface area (Å²) in [5, 5.41) is 8.14. The summed E-state index contributed by atoms with van der Waals surface area (Å²) in [5.41, 5.74) is 5.60. The van der Waals surface area contributed by atoms with Gasteiger partial charge in [-0.1, -0.05) is 29.0 Å². The fraction of sp³-hybridized carbons (Fsp3) is 0.300. The molecule has 2 aromatic heterocycles. The monoisotopic (exact) mass is 352 g/mol. The van der Waals surface area contributed by atoms with Crippen molar-refractivity contribution in [3.8, 4) is 0 Å². The lowest BCUT2D eigenvalue weighted by atomic mass is 10.2. The highest BCUT2D eigenvalue weighted by Gasteiger charge is 2.02. The zero-order valence-electron chi connectivity index (χ0n) is 15.7. The van der Waals surface area contributed by atoms with Gasteiger partial charge in [-0.3, -0.25) is 9.97 Å². The molecule has 26 heavy (non-hydrogen) atoms. The average molecular weight is 352 g/mol. The first-order chi connectivity index (χ1) is 12.5. The fourth-order valence-corrected chi connectivity index (χ4v) is 2.07. The Morgan fingerprint density at radius 2 is 1.27 bits per heavy atom. The standard InChI is InChI=1S/C20H24N4O2/c1-14(12-25-23-17(4)19-10-6-8-15(2)21-19)13-26-24-18(5)20-11-7-9-16(3)22-20/h6-11H,1,12-13H2,2-5H3/b23-17+,24-18+. The molecule has 0 radical (unpaired) electrons. The van der Waals surface area contributed by atoms with E-state index in [0.717, 1.165) is 28.3 Å². The highest BCUT2D eigenvalue weighted by molar-refractivity contribution is 5.96. The van der Waals surface area contributed by atoms with E-state index in [4.69, 9.17) is 9.68 Å². The summed E-state index contributed by atoms with van der Waals surface area (Å²) in [6.07, 6.45) is 0. The lowest BCUT2D eigenvalue weighted by Crippen LogP contribution is -2.05. The maximum Gasteiger partial charge on any atom is 0.141 e. The minimum atomic E-state index is 0.250. The first-order valence-electron chi connectivity index (χ1n) is 8.33. The number of nitrogens with zero attached hydrogens (tertiary/aromatic N) is 4. The van der Waals surface area contributed by atoms with Crippen LogP contribution < -0.4 is 0 Å². The van der Waals surface area contributed by atoms with Gasteiger partial charge >= 0.3 is 0 Å². The fourth-order valence-electron chi connectivity index (χ4n) is 2.07. The molecule has 0 aliphatic rings. The molecule has 0 N–H and O–H groups in total. The van der Waals surface area contributed by atoms with Gasteiger partial charge in [-0.05, 0) is 52.0 Å².